The minimum atomic E-state index is -3.48. The summed E-state index contributed by atoms with van der Waals surface area (Å²) in [7, 11) is -3.48. The van der Waals surface area contributed by atoms with Crippen molar-refractivity contribution in [3.05, 3.63) is 59.2 Å². The standard InChI is InChI=1S/C17H18N2O4S2/c1-25(22,23)19-15-9-17(24)14(16(21)10-18-11-20)8-13(15)7-12-5-3-2-4-6-12/h2-6,8-9,11,19,24H,7,10H2,1H3,(H,18,20). The minimum absolute atomic E-state index is 0.152. The van der Waals surface area contributed by atoms with Crippen molar-refractivity contribution in [3.63, 3.8) is 0 Å². The molecule has 0 aliphatic rings. The number of rotatable bonds is 8. The van der Waals surface area contributed by atoms with Crippen molar-refractivity contribution in [2.45, 2.75) is 11.3 Å². The average Bonchev–Trinajstić information content (AvgIpc) is 2.54. The second kappa shape index (κ2) is 8.17. The molecule has 1 amide bonds. The van der Waals surface area contributed by atoms with Gasteiger partial charge in [0.1, 0.15) is 0 Å². The number of hydrogen-bond acceptors (Lipinski definition) is 5. The van der Waals surface area contributed by atoms with Crippen molar-refractivity contribution in [1.29, 1.82) is 0 Å². The summed E-state index contributed by atoms with van der Waals surface area (Å²) in [6, 6.07) is 12.6. The van der Waals surface area contributed by atoms with E-state index in [1.54, 1.807) is 6.07 Å². The maximum absolute atomic E-state index is 12.2. The molecule has 6 nitrogen and oxygen atoms in total. The lowest BCUT2D eigenvalue weighted by Gasteiger charge is -2.15. The van der Waals surface area contributed by atoms with Crippen LogP contribution in [0.4, 0.5) is 5.69 Å². The van der Waals surface area contributed by atoms with Crippen LogP contribution >= 0.6 is 12.6 Å². The number of Topliss-reactive ketones (excluding diaryl/α,β-unsaturated/α-hetero) is 1. The monoisotopic (exact) mass is 378 g/mol. The molecule has 0 fully saturated rings. The van der Waals surface area contributed by atoms with E-state index in [-0.39, 0.29) is 12.3 Å². The second-order valence-corrected chi connectivity index (χ2v) is 7.72. The van der Waals surface area contributed by atoms with E-state index in [9.17, 15) is 18.0 Å². The molecule has 0 unspecified atom stereocenters. The molecular formula is C17H18N2O4S2. The van der Waals surface area contributed by atoms with Gasteiger partial charge in [-0.3, -0.25) is 14.3 Å². The fraction of sp³-hybridized carbons (Fsp3) is 0.176. The summed E-state index contributed by atoms with van der Waals surface area (Å²) in [6.07, 6.45) is 1.94. The molecule has 2 aromatic rings. The highest BCUT2D eigenvalue weighted by molar-refractivity contribution is 7.92. The Balaban J connectivity index is 2.46. The lowest BCUT2D eigenvalue weighted by molar-refractivity contribution is -0.109. The fourth-order valence-electron chi connectivity index (χ4n) is 2.34. The summed E-state index contributed by atoms with van der Waals surface area (Å²) in [6.45, 7) is -0.152. The van der Waals surface area contributed by atoms with E-state index in [0.717, 1.165) is 11.8 Å². The highest BCUT2D eigenvalue weighted by Crippen LogP contribution is 2.27. The maximum atomic E-state index is 12.2. The van der Waals surface area contributed by atoms with Gasteiger partial charge in [-0.2, -0.15) is 0 Å². The van der Waals surface area contributed by atoms with Crippen LogP contribution in [-0.2, 0) is 21.2 Å². The molecule has 0 radical (unpaired) electrons. The third-order valence-electron chi connectivity index (χ3n) is 3.40. The number of nitrogens with one attached hydrogen (secondary N) is 2. The first-order chi connectivity index (χ1) is 11.8. The van der Waals surface area contributed by atoms with Gasteiger partial charge in [0.05, 0.1) is 18.5 Å². The number of ketones is 1. The molecule has 0 aliphatic carbocycles. The number of carbonyl (C=O) groups excluding carboxylic acids is 2. The predicted molar refractivity (Wildman–Crippen MR) is 99.8 cm³/mol. The molecular weight excluding hydrogens is 360 g/mol. The van der Waals surface area contributed by atoms with Gasteiger partial charge >= 0.3 is 0 Å². The van der Waals surface area contributed by atoms with Crippen molar-refractivity contribution in [2.24, 2.45) is 0 Å². The van der Waals surface area contributed by atoms with Crippen molar-refractivity contribution in [2.75, 3.05) is 17.5 Å². The molecule has 2 aromatic carbocycles. The number of carbonyl (C=O) groups is 2. The molecule has 0 aromatic heterocycles. The van der Waals surface area contributed by atoms with Crippen molar-refractivity contribution < 1.29 is 18.0 Å². The highest BCUT2D eigenvalue weighted by Gasteiger charge is 2.16. The van der Waals surface area contributed by atoms with Crippen molar-refractivity contribution in [1.82, 2.24) is 5.32 Å². The lowest BCUT2D eigenvalue weighted by atomic mass is 9.99. The highest BCUT2D eigenvalue weighted by atomic mass is 32.2. The summed E-state index contributed by atoms with van der Waals surface area (Å²) >= 11 is 4.28. The van der Waals surface area contributed by atoms with Gasteiger partial charge in [-0.05, 0) is 29.7 Å². The predicted octanol–water partition coefficient (Wildman–Crippen LogP) is 1.87. The Morgan fingerprint density at radius 1 is 1.20 bits per heavy atom. The Morgan fingerprint density at radius 3 is 2.48 bits per heavy atom. The van der Waals surface area contributed by atoms with Crippen molar-refractivity contribution >= 4 is 40.5 Å². The van der Waals surface area contributed by atoms with Gasteiger partial charge in [-0.1, -0.05) is 30.3 Å². The molecule has 2 N–H and O–H groups in total. The van der Waals surface area contributed by atoms with E-state index < -0.39 is 10.0 Å². The molecule has 0 saturated heterocycles. The SMILES string of the molecule is CS(=O)(=O)Nc1cc(S)c(C(=O)CNC=O)cc1Cc1ccccc1. The molecule has 0 aliphatic heterocycles. The zero-order valence-corrected chi connectivity index (χ0v) is 15.2. The number of anilines is 1. The molecule has 2 rings (SSSR count). The van der Waals surface area contributed by atoms with Crippen LogP contribution < -0.4 is 10.0 Å². The summed E-state index contributed by atoms with van der Waals surface area (Å²) in [5.74, 6) is -0.308. The van der Waals surface area contributed by atoms with Gasteiger partial charge in [0.2, 0.25) is 16.4 Å². The molecule has 8 heteroatoms. The first kappa shape index (κ1) is 19.0. The Bertz CT molecular complexity index is 881. The van der Waals surface area contributed by atoms with Gasteiger partial charge in [-0.15, -0.1) is 12.6 Å². The maximum Gasteiger partial charge on any atom is 0.229 e. The second-order valence-electron chi connectivity index (χ2n) is 5.49. The third-order valence-corrected chi connectivity index (χ3v) is 4.36. The van der Waals surface area contributed by atoms with Crippen LogP contribution in [0.2, 0.25) is 0 Å². The van der Waals surface area contributed by atoms with Gasteiger partial charge < -0.3 is 5.32 Å². The molecule has 132 valence electrons. The van der Waals surface area contributed by atoms with E-state index in [0.29, 0.717) is 34.5 Å². The Hall–Kier alpha value is -2.32. The number of sulfonamides is 1. The van der Waals surface area contributed by atoms with Gasteiger partial charge in [0, 0.05) is 10.5 Å². The Kier molecular flexibility index (Phi) is 6.22. The third kappa shape index (κ3) is 5.61. The molecule has 0 bridgehead atoms. The van der Waals surface area contributed by atoms with Crippen molar-refractivity contribution in [3.8, 4) is 0 Å². The van der Waals surface area contributed by atoms with Crippen LogP contribution in [0.5, 0.6) is 0 Å². The molecule has 0 spiro atoms. The van der Waals surface area contributed by atoms with E-state index in [2.05, 4.69) is 22.7 Å². The average molecular weight is 378 g/mol. The number of hydrogen-bond donors (Lipinski definition) is 3. The first-order valence-electron chi connectivity index (χ1n) is 7.38. The normalized spacial score (nSPS) is 11.0. The van der Waals surface area contributed by atoms with E-state index in [1.165, 1.54) is 6.07 Å². The van der Waals surface area contributed by atoms with Crippen LogP contribution in [-0.4, -0.2) is 33.4 Å². The number of amides is 1. The smallest absolute Gasteiger partial charge is 0.229 e. The first-order valence-corrected chi connectivity index (χ1v) is 9.72. The summed E-state index contributed by atoms with van der Waals surface area (Å²) in [5.41, 5.74) is 2.30. The molecule has 0 atom stereocenters. The number of benzene rings is 2. The molecule has 25 heavy (non-hydrogen) atoms. The number of thiol groups is 1. The largest absolute Gasteiger partial charge is 0.351 e. The van der Waals surface area contributed by atoms with Crippen LogP contribution in [0.1, 0.15) is 21.5 Å². The topological polar surface area (TPSA) is 92.3 Å². The van der Waals surface area contributed by atoms with Crippen LogP contribution in [0.25, 0.3) is 0 Å². The summed E-state index contributed by atoms with van der Waals surface area (Å²) < 4.78 is 25.7. The van der Waals surface area contributed by atoms with Gasteiger partial charge in [-0.25, -0.2) is 8.42 Å². The summed E-state index contributed by atoms with van der Waals surface area (Å²) in [5, 5.41) is 2.32. The zero-order chi connectivity index (χ0) is 18.4. The fourth-order valence-corrected chi connectivity index (χ4v) is 3.25. The van der Waals surface area contributed by atoms with Crippen LogP contribution in [0.15, 0.2) is 47.4 Å². The Labute approximate surface area is 152 Å². The van der Waals surface area contributed by atoms with Crippen LogP contribution in [0.3, 0.4) is 0 Å². The lowest BCUT2D eigenvalue weighted by Crippen LogP contribution is -2.22. The van der Waals surface area contributed by atoms with E-state index in [4.69, 9.17) is 0 Å². The molecule has 0 heterocycles. The quantitative estimate of drug-likeness (QED) is 0.371. The van der Waals surface area contributed by atoms with E-state index in [1.807, 2.05) is 30.3 Å². The van der Waals surface area contributed by atoms with Crippen LogP contribution in [0, 0.1) is 0 Å². The van der Waals surface area contributed by atoms with Gasteiger partial charge in [0.25, 0.3) is 0 Å². The minimum Gasteiger partial charge on any atom is -0.351 e. The van der Waals surface area contributed by atoms with E-state index >= 15 is 0 Å². The molecule has 0 saturated carbocycles. The zero-order valence-electron chi connectivity index (χ0n) is 13.5. The van der Waals surface area contributed by atoms with Gasteiger partial charge in [0.15, 0.2) is 5.78 Å². The Morgan fingerprint density at radius 2 is 1.88 bits per heavy atom. The summed E-state index contributed by atoms with van der Waals surface area (Å²) in [4.78, 5) is 22.9.